The van der Waals surface area contributed by atoms with Crippen molar-refractivity contribution in [2.45, 2.75) is 6.43 Å². The number of halogens is 4. The summed E-state index contributed by atoms with van der Waals surface area (Å²) in [5, 5.41) is -0.611. The lowest BCUT2D eigenvalue weighted by Gasteiger charge is -2.08. The van der Waals surface area contributed by atoms with E-state index in [9.17, 15) is 13.6 Å². The number of aromatic nitrogens is 1. The predicted octanol–water partition coefficient (Wildman–Crippen LogP) is 3.11. The van der Waals surface area contributed by atoms with Gasteiger partial charge in [0.25, 0.3) is 6.43 Å². The number of methoxy groups -OCH3 is 1. The molecule has 82 valence electrons. The second-order valence-corrected chi connectivity index (χ2v) is 3.26. The molecule has 0 saturated heterocycles. The molecular weight excluding hydrogens is 251 g/mol. The molecule has 1 aromatic heterocycles. The van der Waals surface area contributed by atoms with Gasteiger partial charge in [0.15, 0.2) is 0 Å². The van der Waals surface area contributed by atoms with E-state index in [-0.39, 0.29) is 10.6 Å². The number of pyridine rings is 1. The minimum atomic E-state index is -2.88. The molecule has 0 aliphatic rings. The number of carbonyl (C=O) groups excluding carboxylic acids is 1. The maximum atomic E-state index is 12.4. The predicted molar refractivity (Wildman–Crippen MR) is 50.6 cm³/mol. The molecule has 0 N–H and O–H groups in total. The Labute approximate surface area is 94.0 Å². The lowest BCUT2D eigenvalue weighted by atomic mass is 10.2. The molecule has 0 aliphatic heterocycles. The van der Waals surface area contributed by atoms with Crippen LogP contribution in [-0.2, 0) is 4.74 Å². The average Bonchev–Trinajstić information content (AvgIpc) is 2.16. The Morgan fingerprint density at radius 2 is 2.13 bits per heavy atom. The highest BCUT2D eigenvalue weighted by molar-refractivity contribution is 6.39. The molecule has 0 radical (unpaired) electrons. The van der Waals surface area contributed by atoms with E-state index in [2.05, 4.69) is 9.72 Å². The molecule has 0 fully saturated rings. The van der Waals surface area contributed by atoms with Gasteiger partial charge in [-0.25, -0.2) is 13.6 Å². The largest absolute Gasteiger partial charge is 0.465 e. The third-order valence-electron chi connectivity index (χ3n) is 1.60. The number of rotatable bonds is 2. The Bertz CT molecular complexity index is 398. The number of esters is 1. The van der Waals surface area contributed by atoms with Crippen molar-refractivity contribution in [1.82, 2.24) is 4.98 Å². The third kappa shape index (κ3) is 2.35. The van der Waals surface area contributed by atoms with Crippen LogP contribution in [0.15, 0.2) is 6.20 Å². The van der Waals surface area contributed by atoms with E-state index in [1.165, 1.54) is 0 Å². The molecule has 3 nitrogen and oxygen atoms in total. The summed E-state index contributed by atoms with van der Waals surface area (Å²) in [6.07, 6.45) is -1.94. The summed E-state index contributed by atoms with van der Waals surface area (Å²) < 4.78 is 29.1. The average molecular weight is 256 g/mol. The molecule has 1 heterocycles. The van der Waals surface area contributed by atoms with Crippen molar-refractivity contribution in [3.63, 3.8) is 0 Å². The SMILES string of the molecule is COC(=O)c1c(Cl)cnc(C(F)F)c1Cl. The first-order valence-electron chi connectivity index (χ1n) is 3.69. The van der Waals surface area contributed by atoms with E-state index in [1.807, 2.05) is 0 Å². The van der Waals surface area contributed by atoms with Crippen LogP contribution in [0.4, 0.5) is 8.78 Å². The highest BCUT2D eigenvalue weighted by Gasteiger charge is 2.23. The summed E-state index contributed by atoms with van der Waals surface area (Å²) in [5.74, 6) is -0.880. The summed E-state index contributed by atoms with van der Waals surface area (Å²) in [6, 6.07) is 0. The highest BCUT2D eigenvalue weighted by Crippen LogP contribution is 2.32. The second kappa shape index (κ2) is 4.72. The molecule has 1 rings (SSSR count). The summed E-state index contributed by atoms with van der Waals surface area (Å²) >= 11 is 11.1. The van der Waals surface area contributed by atoms with Crippen LogP contribution in [-0.4, -0.2) is 18.1 Å². The van der Waals surface area contributed by atoms with E-state index in [4.69, 9.17) is 23.2 Å². The fourth-order valence-corrected chi connectivity index (χ4v) is 1.50. The van der Waals surface area contributed by atoms with Gasteiger partial charge in [-0.1, -0.05) is 23.2 Å². The number of hydrogen-bond acceptors (Lipinski definition) is 3. The quantitative estimate of drug-likeness (QED) is 0.763. The fourth-order valence-electron chi connectivity index (χ4n) is 0.922. The third-order valence-corrected chi connectivity index (χ3v) is 2.27. The number of nitrogens with zero attached hydrogens (tertiary/aromatic N) is 1. The molecule has 1 aromatic rings. The Kier molecular flexibility index (Phi) is 3.82. The van der Waals surface area contributed by atoms with Crippen molar-refractivity contribution >= 4 is 29.2 Å². The molecule has 0 unspecified atom stereocenters. The molecule has 0 spiro atoms. The fraction of sp³-hybridized carbons (Fsp3) is 0.250. The van der Waals surface area contributed by atoms with Crippen LogP contribution in [0.3, 0.4) is 0 Å². The number of carbonyl (C=O) groups is 1. The number of alkyl halides is 2. The minimum absolute atomic E-state index is 0.128. The zero-order chi connectivity index (χ0) is 11.6. The molecule has 7 heteroatoms. The van der Waals surface area contributed by atoms with Crippen molar-refractivity contribution in [3.8, 4) is 0 Å². The van der Waals surface area contributed by atoms with Crippen LogP contribution in [0.2, 0.25) is 10.0 Å². The van der Waals surface area contributed by atoms with Gasteiger partial charge in [-0.15, -0.1) is 0 Å². The molecule has 15 heavy (non-hydrogen) atoms. The van der Waals surface area contributed by atoms with Crippen LogP contribution in [0.5, 0.6) is 0 Å². The molecule has 0 atom stereocenters. The second-order valence-electron chi connectivity index (χ2n) is 2.47. The van der Waals surface area contributed by atoms with Gasteiger partial charge >= 0.3 is 5.97 Å². The van der Waals surface area contributed by atoms with Crippen LogP contribution < -0.4 is 0 Å². The summed E-state index contributed by atoms with van der Waals surface area (Å²) in [7, 11) is 1.09. The lowest BCUT2D eigenvalue weighted by Crippen LogP contribution is -2.06. The van der Waals surface area contributed by atoms with Crippen molar-refractivity contribution in [2.75, 3.05) is 7.11 Å². The normalized spacial score (nSPS) is 10.5. The maximum Gasteiger partial charge on any atom is 0.341 e. The van der Waals surface area contributed by atoms with Crippen LogP contribution >= 0.6 is 23.2 Å². The standard InChI is InChI=1S/C8H5Cl2F2NO2/c1-15-8(14)4-3(9)2-13-6(5(4)10)7(11)12/h2,7H,1H3. The van der Waals surface area contributed by atoms with Crippen LogP contribution in [0.1, 0.15) is 22.5 Å². The van der Waals surface area contributed by atoms with Crippen LogP contribution in [0.25, 0.3) is 0 Å². The Morgan fingerprint density at radius 3 is 2.60 bits per heavy atom. The van der Waals surface area contributed by atoms with E-state index >= 15 is 0 Å². The van der Waals surface area contributed by atoms with Gasteiger partial charge < -0.3 is 4.74 Å². The van der Waals surface area contributed by atoms with E-state index in [1.54, 1.807) is 0 Å². The topological polar surface area (TPSA) is 39.2 Å². The first-order valence-corrected chi connectivity index (χ1v) is 4.45. The van der Waals surface area contributed by atoms with Gasteiger partial charge in [0.05, 0.1) is 17.2 Å². The van der Waals surface area contributed by atoms with Crippen molar-refractivity contribution in [2.24, 2.45) is 0 Å². The highest BCUT2D eigenvalue weighted by atomic mass is 35.5. The molecule has 0 amide bonds. The first-order chi connectivity index (χ1) is 6.99. The van der Waals surface area contributed by atoms with Gasteiger partial charge in [-0.3, -0.25) is 4.98 Å². The maximum absolute atomic E-state index is 12.4. The van der Waals surface area contributed by atoms with E-state index in [0.29, 0.717) is 0 Å². The zero-order valence-corrected chi connectivity index (χ0v) is 8.94. The molecule has 0 bridgehead atoms. The smallest absolute Gasteiger partial charge is 0.341 e. The molecule has 0 saturated carbocycles. The van der Waals surface area contributed by atoms with Crippen molar-refractivity contribution < 1.29 is 18.3 Å². The van der Waals surface area contributed by atoms with Crippen molar-refractivity contribution in [1.29, 1.82) is 0 Å². The molecular formula is C8H5Cl2F2NO2. The molecule has 0 aromatic carbocycles. The Hall–Kier alpha value is -0.940. The van der Waals surface area contributed by atoms with Gasteiger partial charge in [0.2, 0.25) is 0 Å². The number of ether oxygens (including phenoxy) is 1. The van der Waals surface area contributed by atoms with E-state index < -0.39 is 23.1 Å². The first kappa shape index (κ1) is 12.1. The summed E-state index contributed by atoms with van der Waals surface area (Å²) in [6.45, 7) is 0. The van der Waals surface area contributed by atoms with E-state index in [0.717, 1.165) is 13.3 Å². The van der Waals surface area contributed by atoms with Gasteiger partial charge in [-0.05, 0) is 0 Å². The van der Waals surface area contributed by atoms with Gasteiger partial charge in [0, 0.05) is 6.20 Å². The summed E-state index contributed by atoms with van der Waals surface area (Å²) in [4.78, 5) is 14.5. The lowest BCUT2D eigenvalue weighted by molar-refractivity contribution is 0.0600. The number of hydrogen-bond donors (Lipinski definition) is 0. The Balaban J connectivity index is 3.36. The monoisotopic (exact) mass is 255 g/mol. The minimum Gasteiger partial charge on any atom is -0.465 e. The molecule has 0 aliphatic carbocycles. The van der Waals surface area contributed by atoms with Crippen LogP contribution in [0, 0.1) is 0 Å². The Morgan fingerprint density at radius 1 is 1.53 bits per heavy atom. The zero-order valence-electron chi connectivity index (χ0n) is 7.43. The summed E-state index contributed by atoms with van der Waals surface area (Å²) in [5.41, 5.74) is -0.993. The van der Waals surface area contributed by atoms with Gasteiger partial charge in [-0.2, -0.15) is 0 Å². The van der Waals surface area contributed by atoms with Crippen molar-refractivity contribution in [3.05, 3.63) is 27.5 Å². The van der Waals surface area contributed by atoms with Gasteiger partial charge in [0.1, 0.15) is 11.3 Å².